The standard InChI is InChI=1S/C12H15N3OS2/c1-5-15-11(16)10(18-12(15)17)6-9-7(2)13-14(4)8(9)3/h6H,5H2,1-4H3/b10-6+. The van der Waals surface area contributed by atoms with E-state index in [0.717, 1.165) is 17.0 Å². The van der Waals surface area contributed by atoms with Crippen molar-refractivity contribution in [1.29, 1.82) is 0 Å². The Bertz CT molecular complexity index is 560. The predicted octanol–water partition coefficient (Wildman–Crippen LogP) is 2.26. The second-order valence-electron chi connectivity index (χ2n) is 4.13. The molecule has 1 fully saturated rings. The topological polar surface area (TPSA) is 38.1 Å². The molecule has 2 rings (SSSR count). The van der Waals surface area contributed by atoms with Crippen LogP contribution in [0.2, 0.25) is 0 Å². The molecule has 1 aromatic heterocycles. The minimum atomic E-state index is -0.00449. The fourth-order valence-corrected chi connectivity index (χ4v) is 3.27. The molecule has 0 bridgehead atoms. The van der Waals surface area contributed by atoms with E-state index in [1.807, 2.05) is 38.6 Å². The SMILES string of the molecule is CCN1C(=O)/C(=C\c2c(C)nn(C)c2C)SC1=S. The van der Waals surface area contributed by atoms with E-state index in [1.165, 1.54) is 11.8 Å². The summed E-state index contributed by atoms with van der Waals surface area (Å²) in [4.78, 5) is 14.4. The molecule has 4 nitrogen and oxygen atoms in total. The third-order valence-electron chi connectivity index (χ3n) is 3.03. The molecular weight excluding hydrogens is 266 g/mol. The average Bonchev–Trinajstić information content (AvgIpc) is 2.71. The third-order valence-corrected chi connectivity index (χ3v) is 4.41. The predicted molar refractivity (Wildman–Crippen MR) is 78.2 cm³/mol. The van der Waals surface area contributed by atoms with Crippen LogP contribution < -0.4 is 0 Å². The van der Waals surface area contributed by atoms with Gasteiger partial charge in [-0.1, -0.05) is 24.0 Å². The van der Waals surface area contributed by atoms with Gasteiger partial charge in [0.25, 0.3) is 5.91 Å². The number of carbonyl (C=O) groups excluding carboxylic acids is 1. The number of amides is 1. The van der Waals surface area contributed by atoms with E-state index >= 15 is 0 Å². The first kappa shape index (κ1) is 13.3. The summed E-state index contributed by atoms with van der Waals surface area (Å²) in [6, 6.07) is 0. The van der Waals surface area contributed by atoms with Crippen LogP contribution in [0.4, 0.5) is 0 Å². The van der Waals surface area contributed by atoms with E-state index in [-0.39, 0.29) is 5.91 Å². The molecule has 1 amide bonds. The van der Waals surface area contributed by atoms with Crippen LogP contribution in [0.1, 0.15) is 23.9 Å². The molecule has 2 heterocycles. The van der Waals surface area contributed by atoms with Crippen molar-refractivity contribution >= 4 is 40.3 Å². The molecular formula is C12H15N3OS2. The van der Waals surface area contributed by atoms with Gasteiger partial charge in [-0.15, -0.1) is 0 Å². The average molecular weight is 281 g/mol. The third kappa shape index (κ3) is 2.10. The molecule has 0 spiro atoms. The summed E-state index contributed by atoms with van der Waals surface area (Å²) in [7, 11) is 1.90. The van der Waals surface area contributed by atoms with Gasteiger partial charge in [0.2, 0.25) is 0 Å². The quantitative estimate of drug-likeness (QED) is 0.615. The summed E-state index contributed by atoms with van der Waals surface area (Å²) in [5.74, 6) is -0.00449. The summed E-state index contributed by atoms with van der Waals surface area (Å²) in [6.45, 7) is 6.48. The van der Waals surface area contributed by atoms with Gasteiger partial charge < -0.3 is 0 Å². The minimum absolute atomic E-state index is 0.00449. The van der Waals surface area contributed by atoms with Crippen molar-refractivity contribution in [2.24, 2.45) is 7.05 Å². The van der Waals surface area contributed by atoms with E-state index in [2.05, 4.69) is 5.10 Å². The van der Waals surface area contributed by atoms with Crippen molar-refractivity contribution in [3.8, 4) is 0 Å². The van der Waals surface area contributed by atoms with Crippen LogP contribution in [0.5, 0.6) is 0 Å². The number of aromatic nitrogens is 2. The summed E-state index contributed by atoms with van der Waals surface area (Å²) in [6.07, 6.45) is 1.90. The molecule has 1 saturated heterocycles. The van der Waals surface area contributed by atoms with E-state index in [0.29, 0.717) is 15.8 Å². The maximum Gasteiger partial charge on any atom is 0.266 e. The van der Waals surface area contributed by atoms with E-state index in [9.17, 15) is 4.79 Å². The molecule has 1 aliphatic heterocycles. The minimum Gasteiger partial charge on any atom is -0.293 e. The zero-order valence-corrected chi connectivity index (χ0v) is 12.5. The van der Waals surface area contributed by atoms with Crippen molar-refractivity contribution in [3.63, 3.8) is 0 Å². The lowest BCUT2D eigenvalue weighted by molar-refractivity contribution is -0.121. The van der Waals surface area contributed by atoms with Gasteiger partial charge in [-0.3, -0.25) is 14.4 Å². The molecule has 96 valence electrons. The Morgan fingerprint density at radius 3 is 2.56 bits per heavy atom. The molecule has 0 N–H and O–H groups in total. The number of rotatable bonds is 2. The highest BCUT2D eigenvalue weighted by molar-refractivity contribution is 8.26. The Hall–Kier alpha value is -1.14. The number of thiocarbonyl (C=S) groups is 1. The highest BCUT2D eigenvalue weighted by Crippen LogP contribution is 2.33. The maximum atomic E-state index is 12.1. The van der Waals surface area contributed by atoms with Gasteiger partial charge in [0, 0.05) is 24.8 Å². The first-order chi connectivity index (χ1) is 8.45. The molecule has 0 aliphatic carbocycles. The van der Waals surface area contributed by atoms with E-state index in [4.69, 9.17) is 12.2 Å². The van der Waals surface area contributed by atoms with Crippen LogP contribution in [-0.2, 0) is 11.8 Å². The molecule has 1 aromatic rings. The Balaban J connectivity index is 2.41. The van der Waals surface area contributed by atoms with Gasteiger partial charge in [0.15, 0.2) is 0 Å². The summed E-state index contributed by atoms with van der Waals surface area (Å²) in [5, 5.41) is 4.34. The van der Waals surface area contributed by atoms with Crippen LogP contribution in [0.15, 0.2) is 4.91 Å². The molecule has 0 saturated carbocycles. The number of hydrogen-bond acceptors (Lipinski definition) is 4. The fourth-order valence-electron chi connectivity index (χ4n) is 1.90. The fraction of sp³-hybridized carbons (Fsp3) is 0.417. The molecule has 0 radical (unpaired) electrons. The Kier molecular flexibility index (Phi) is 3.59. The van der Waals surface area contributed by atoms with Crippen LogP contribution >= 0.6 is 24.0 Å². The van der Waals surface area contributed by atoms with Crippen molar-refractivity contribution in [2.45, 2.75) is 20.8 Å². The van der Waals surface area contributed by atoms with Gasteiger partial charge in [-0.05, 0) is 26.8 Å². The molecule has 6 heteroatoms. The lowest BCUT2D eigenvalue weighted by Crippen LogP contribution is -2.27. The molecule has 0 unspecified atom stereocenters. The van der Waals surface area contributed by atoms with Crippen molar-refractivity contribution < 1.29 is 4.79 Å². The van der Waals surface area contributed by atoms with E-state index in [1.54, 1.807) is 4.90 Å². The summed E-state index contributed by atoms with van der Waals surface area (Å²) >= 11 is 6.55. The monoisotopic (exact) mass is 281 g/mol. The molecule has 0 atom stereocenters. The van der Waals surface area contributed by atoms with Crippen LogP contribution in [-0.4, -0.2) is 31.5 Å². The second kappa shape index (κ2) is 4.85. The first-order valence-electron chi connectivity index (χ1n) is 5.71. The van der Waals surface area contributed by atoms with Crippen molar-refractivity contribution in [1.82, 2.24) is 14.7 Å². The maximum absolute atomic E-state index is 12.1. The number of thioether (sulfide) groups is 1. The largest absolute Gasteiger partial charge is 0.293 e. The van der Waals surface area contributed by atoms with Crippen LogP contribution in [0.25, 0.3) is 6.08 Å². The van der Waals surface area contributed by atoms with Crippen LogP contribution in [0.3, 0.4) is 0 Å². The van der Waals surface area contributed by atoms with Gasteiger partial charge in [0.1, 0.15) is 4.32 Å². The Morgan fingerprint density at radius 1 is 1.44 bits per heavy atom. The molecule has 0 aromatic carbocycles. The van der Waals surface area contributed by atoms with E-state index < -0.39 is 0 Å². The number of carbonyl (C=O) groups is 1. The Labute approximate surface area is 116 Å². The summed E-state index contributed by atoms with van der Waals surface area (Å²) in [5.41, 5.74) is 2.99. The number of aryl methyl sites for hydroxylation is 2. The molecule has 1 aliphatic rings. The van der Waals surface area contributed by atoms with Gasteiger partial charge >= 0.3 is 0 Å². The Morgan fingerprint density at radius 2 is 2.11 bits per heavy atom. The number of hydrogen-bond donors (Lipinski definition) is 0. The van der Waals surface area contributed by atoms with Crippen molar-refractivity contribution in [2.75, 3.05) is 6.54 Å². The smallest absolute Gasteiger partial charge is 0.266 e. The van der Waals surface area contributed by atoms with Crippen LogP contribution in [0, 0.1) is 13.8 Å². The second-order valence-corrected chi connectivity index (χ2v) is 5.81. The lowest BCUT2D eigenvalue weighted by Gasteiger charge is -2.09. The number of nitrogens with zero attached hydrogens (tertiary/aromatic N) is 3. The highest BCUT2D eigenvalue weighted by Gasteiger charge is 2.31. The van der Waals surface area contributed by atoms with Crippen molar-refractivity contribution in [3.05, 3.63) is 21.9 Å². The zero-order chi connectivity index (χ0) is 13.4. The lowest BCUT2D eigenvalue weighted by atomic mass is 10.2. The van der Waals surface area contributed by atoms with Gasteiger partial charge in [-0.2, -0.15) is 5.10 Å². The van der Waals surface area contributed by atoms with Gasteiger partial charge in [0.05, 0.1) is 10.6 Å². The summed E-state index contributed by atoms with van der Waals surface area (Å²) < 4.78 is 2.45. The molecule has 18 heavy (non-hydrogen) atoms. The highest BCUT2D eigenvalue weighted by atomic mass is 32.2. The zero-order valence-electron chi connectivity index (χ0n) is 10.9. The first-order valence-corrected chi connectivity index (χ1v) is 6.93. The van der Waals surface area contributed by atoms with Gasteiger partial charge in [-0.25, -0.2) is 0 Å². The number of likely N-dealkylation sites (N-methyl/N-ethyl adjacent to an activating group) is 1. The normalized spacial score (nSPS) is 18.2.